The van der Waals surface area contributed by atoms with Crippen molar-refractivity contribution in [2.45, 2.75) is 24.9 Å². The maximum absolute atomic E-state index is 14.3. The van der Waals surface area contributed by atoms with Crippen LogP contribution in [0.15, 0.2) is 115 Å². The van der Waals surface area contributed by atoms with E-state index >= 15 is 0 Å². The van der Waals surface area contributed by atoms with E-state index < -0.39 is 5.54 Å². The summed E-state index contributed by atoms with van der Waals surface area (Å²) in [6.45, 7) is 0.297. The van der Waals surface area contributed by atoms with E-state index in [2.05, 4.69) is 21.4 Å². The molecule has 4 aromatic rings. The second-order valence-electron chi connectivity index (χ2n) is 9.16. The van der Waals surface area contributed by atoms with Crippen LogP contribution < -0.4 is 5.32 Å². The first-order valence-electron chi connectivity index (χ1n) is 12.3. The second kappa shape index (κ2) is 10.9. The van der Waals surface area contributed by atoms with Gasteiger partial charge in [0.25, 0.3) is 5.91 Å². The normalized spacial score (nSPS) is 15.2. The van der Waals surface area contributed by atoms with Gasteiger partial charge in [0, 0.05) is 48.3 Å². The van der Waals surface area contributed by atoms with E-state index in [-0.39, 0.29) is 11.7 Å². The zero-order valence-corrected chi connectivity index (χ0v) is 20.6. The standard InChI is InChI=1S/C31H25N5O2/c32-21-23-12-14-25(15-13-23)28(37)18-29-35-31(19-26-10-4-6-16-33-26,20-27-11-5-7-17-34-27)30(38)36(29)22-24-8-2-1-3-9-24/h1-18,35H,19-20,22H2. The number of ketones is 1. The fourth-order valence-corrected chi connectivity index (χ4v) is 4.61. The number of hydrogen-bond acceptors (Lipinski definition) is 6. The lowest BCUT2D eigenvalue weighted by Crippen LogP contribution is -2.51. The number of carbonyl (C=O) groups excluding carboxylic acids is 2. The lowest BCUT2D eigenvalue weighted by Gasteiger charge is -2.27. The molecule has 0 bridgehead atoms. The van der Waals surface area contributed by atoms with Gasteiger partial charge in [0.2, 0.25) is 0 Å². The lowest BCUT2D eigenvalue weighted by molar-refractivity contribution is -0.132. The Balaban J connectivity index is 1.56. The maximum Gasteiger partial charge on any atom is 0.254 e. The molecule has 0 unspecified atom stereocenters. The first kappa shape index (κ1) is 24.6. The first-order chi connectivity index (χ1) is 18.6. The minimum absolute atomic E-state index is 0.156. The average Bonchev–Trinajstić information content (AvgIpc) is 3.19. The Bertz CT molecular complexity index is 1450. The summed E-state index contributed by atoms with van der Waals surface area (Å²) >= 11 is 0. The summed E-state index contributed by atoms with van der Waals surface area (Å²) in [5.41, 5.74) is 2.25. The Morgan fingerprint density at radius 3 is 2.03 bits per heavy atom. The van der Waals surface area contributed by atoms with Gasteiger partial charge in [-0.1, -0.05) is 42.5 Å². The molecule has 0 spiro atoms. The minimum Gasteiger partial charge on any atom is -0.356 e. The van der Waals surface area contributed by atoms with Crippen molar-refractivity contribution in [1.82, 2.24) is 20.2 Å². The molecule has 1 aliphatic heterocycles. The van der Waals surface area contributed by atoms with Crippen molar-refractivity contribution in [1.29, 1.82) is 5.26 Å². The van der Waals surface area contributed by atoms with E-state index in [1.165, 1.54) is 6.08 Å². The van der Waals surface area contributed by atoms with E-state index in [4.69, 9.17) is 5.26 Å². The van der Waals surface area contributed by atoms with Crippen LogP contribution in [-0.4, -0.2) is 32.1 Å². The molecule has 1 aliphatic rings. The highest BCUT2D eigenvalue weighted by molar-refractivity contribution is 6.06. The molecule has 0 atom stereocenters. The van der Waals surface area contributed by atoms with Crippen LogP contribution in [-0.2, 0) is 24.2 Å². The Morgan fingerprint density at radius 1 is 0.868 bits per heavy atom. The van der Waals surface area contributed by atoms with Gasteiger partial charge in [-0.2, -0.15) is 5.26 Å². The SMILES string of the molecule is N#Cc1ccc(C(=O)C=C2NC(Cc3ccccn3)(Cc3ccccn3)C(=O)N2Cc2ccccc2)cc1. The van der Waals surface area contributed by atoms with Crippen LogP contribution in [0.3, 0.4) is 0 Å². The van der Waals surface area contributed by atoms with Gasteiger partial charge >= 0.3 is 0 Å². The van der Waals surface area contributed by atoms with Crippen molar-refractivity contribution in [3.05, 3.63) is 143 Å². The van der Waals surface area contributed by atoms with Crippen molar-refractivity contribution in [2.24, 2.45) is 0 Å². The van der Waals surface area contributed by atoms with Crippen LogP contribution >= 0.6 is 0 Å². The molecule has 1 N–H and O–H groups in total. The van der Waals surface area contributed by atoms with Crippen LogP contribution in [0.5, 0.6) is 0 Å². The highest BCUT2D eigenvalue weighted by atomic mass is 16.2. The highest BCUT2D eigenvalue weighted by Crippen LogP contribution is 2.31. The third-order valence-corrected chi connectivity index (χ3v) is 6.48. The molecular weight excluding hydrogens is 474 g/mol. The molecule has 5 rings (SSSR count). The van der Waals surface area contributed by atoms with Crippen LogP contribution in [0.2, 0.25) is 0 Å². The summed E-state index contributed by atoms with van der Waals surface area (Å²) in [7, 11) is 0. The van der Waals surface area contributed by atoms with Gasteiger partial charge in [-0.25, -0.2) is 0 Å². The van der Waals surface area contributed by atoms with Crippen LogP contribution in [0.25, 0.3) is 0 Å². The zero-order valence-electron chi connectivity index (χ0n) is 20.6. The number of nitriles is 1. The maximum atomic E-state index is 14.3. The topological polar surface area (TPSA) is 99.0 Å². The quantitative estimate of drug-likeness (QED) is 0.288. The summed E-state index contributed by atoms with van der Waals surface area (Å²) in [4.78, 5) is 38.1. The van der Waals surface area contributed by atoms with Gasteiger partial charge in [0.1, 0.15) is 11.4 Å². The van der Waals surface area contributed by atoms with Crippen LogP contribution in [0.1, 0.15) is 32.9 Å². The lowest BCUT2D eigenvalue weighted by atomic mass is 9.87. The summed E-state index contributed by atoms with van der Waals surface area (Å²) in [6.07, 6.45) is 5.50. The first-order valence-corrected chi connectivity index (χ1v) is 12.3. The highest BCUT2D eigenvalue weighted by Gasteiger charge is 2.49. The largest absolute Gasteiger partial charge is 0.356 e. The summed E-state index contributed by atoms with van der Waals surface area (Å²) in [5.74, 6) is -0.00839. The number of aromatic nitrogens is 2. The number of allylic oxidation sites excluding steroid dienone is 1. The smallest absolute Gasteiger partial charge is 0.254 e. The number of hydrogen-bond donors (Lipinski definition) is 1. The number of nitrogens with one attached hydrogen (secondary N) is 1. The van der Waals surface area contributed by atoms with E-state index in [1.807, 2.05) is 66.7 Å². The molecule has 2 aromatic heterocycles. The van der Waals surface area contributed by atoms with Crippen LogP contribution in [0.4, 0.5) is 0 Å². The molecule has 0 saturated carbocycles. The molecule has 7 nitrogen and oxygen atoms in total. The van der Waals surface area contributed by atoms with E-state index in [0.717, 1.165) is 17.0 Å². The molecule has 186 valence electrons. The summed E-state index contributed by atoms with van der Waals surface area (Å²) in [6, 6.07) is 29.4. The number of amides is 1. The summed E-state index contributed by atoms with van der Waals surface area (Å²) in [5, 5.41) is 12.5. The fraction of sp³-hybridized carbons (Fsp3) is 0.129. The Hall–Kier alpha value is -5.09. The number of nitrogens with zero attached hydrogens (tertiary/aromatic N) is 4. The number of benzene rings is 2. The second-order valence-corrected chi connectivity index (χ2v) is 9.16. The van der Waals surface area contributed by atoms with Gasteiger partial charge in [-0.05, 0) is 54.1 Å². The van der Waals surface area contributed by atoms with Gasteiger partial charge in [0.05, 0.1) is 18.2 Å². The van der Waals surface area contributed by atoms with Crippen molar-refractivity contribution < 1.29 is 9.59 Å². The van der Waals surface area contributed by atoms with Crippen molar-refractivity contribution in [3.63, 3.8) is 0 Å². The van der Waals surface area contributed by atoms with Crippen molar-refractivity contribution in [2.75, 3.05) is 0 Å². The average molecular weight is 500 g/mol. The van der Waals surface area contributed by atoms with E-state index in [1.54, 1.807) is 41.6 Å². The number of carbonyl (C=O) groups is 2. The molecular formula is C31H25N5O2. The van der Waals surface area contributed by atoms with Crippen molar-refractivity contribution >= 4 is 11.7 Å². The molecule has 38 heavy (non-hydrogen) atoms. The molecule has 1 fully saturated rings. The molecule has 2 aromatic carbocycles. The zero-order chi connectivity index (χ0) is 26.4. The molecule has 0 aliphatic carbocycles. The molecule has 3 heterocycles. The molecule has 1 saturated heterocycles. The Labute approximate surface area is 221 Å². The van der Waals surface area contributed by atoms with E-state index in [0.29, 0.717) is 36.3 Å². The van der Waals surface area contributed by atoms with Gasteiger partial charge < -0.3 is 5.32 Å². The fourth-order valence-electron chi connectivity index (χ4n) is 4.61. The van der Waals surface area contributed by atoms with Gasteiger partial charge in [-0.3, -0.25) is 24.5 Å². The predicted molar refractivity (Wildman–Crippen MR) is 142 cm³/mol. The van der Waals surface area contributed by atoms with Gasteiger partial charge in [0.15, 0.2) is 5.78 Å². The van der Waals surface area contributed by atoms with Gasteiger partial charge in [-0.15, -0.1) is 0 Å². The third kappa shape index (κ3) is 5.35. The molecule has 0 radical (unpaired) electrons. The molecule has 1 amide bonds. The minimum atomic E-state index is -1.09. The monoisotopic (exact) mass is 499 g/mol. The molecule has 7 heteroatoms. The number of pyridine rings is 2. The van der Waals surface area contributed by atoms with E-state index in [9.17, 15) is 9.59 Å². The number of rotatable bonds is 8. The Morgan fingerprint density at radius 2 is 1.47 bits per heavy atom. The van der Waals surface area contributed by atoms with Crippen LogP contribution in [0, 0.1) is 11.3 Å². The predicted octanol–water partition coefficient (Wildman–Crippen LogP) is 4.23. The van der Waals surface area contributed by atoms with Crippen molar-refractivity contribution in [3.8, 4) is 6.07 Å². The summed E-state index contributed by atoms with van der Waals surface area (Å²) < 4.78 is 0. The Kier molecular flexibility index (Phi) is 7.05. The third-order valence-electron chi connectivity index (χ3n) is 6.48.